The average molecular weight is 253 g/mol. The van der Waals surface area contributed by atoms with E-state index in [0.717, 1.165) is 0 Å². The van der Waals surface area contributed by atoms with Crippen LogP contribution in [0.15, 0.2) is 18.2 Å². The Morgan fingerprint density at radius 1 is 1.50 bits per heavy atom. The lowest BCUT2D eigenvalue weighted by Crippen LogP contribution is -2.42. The van der Waals surface area contributed by atoms with Gasteiger partial charge in [0.15, 0.2) is 0 Å². The first kappa shape index (κ1) is 13.1. The smallest absolute Gasteiger partial charge is 0.146 e. The third-order valence-electron chi connectivity index (χ3n) is 3.43. The predicted octanol–water partition coefficient (Wildman–Crippen LogP) is 2.43. The molecule has 1 aromatic rings. The maximum atomic E-state index is 13.9. The second kappa shape index (κ2) is 5.57. The van der Waals surface area contributed by atoms with Gasteiger partial charge in [-0.15, -0.1) is 0 Å². The van der Waals surface area contributed by atoms with Crippen molar-refractivity contribution in [2.24, 2.45) is 5.92 Å². The number of aliphatic hydroxyl groups is 1. The highest BCUT2D eigenvalue weighted by Gasteiger charge is 2.25. The molecule has 1 aromatic carbocycles. The second-order valence-electron chi connectivity index (χ2n) is 4.83. The number of aliphatic hydroxyl groups excluding tert-OH is 1. The van der Waals surface area contributed by atoms with E-state index in [-0.39, 0.29) is 17.8 Å². The summed E-state index contributed by atoms with van der Waals surface area (Å²) in [6.07, 6.45) is 0.402. The zero-order valence-corrected chi connectivity index (χ0v) is 10.9. The lowest BCUT2D eigenvalue weighted by molar-refractivity contribution is 0.0969. The van der Waals surface area contributed by atoms with Crippen molar-refractivity contribution < 1.29 is 14.2 Å². The summed E-state index contributed by atoms with van der Waals surface area (Å²) in [5.41, 5.74) is 0.569. The van der Waals surface area contributed by atoms with E-state index in [1.807, 2.05) is 18.7 Å². The summed E-state index contributed by atoms with van der Waals surface area (Å²) in [7, 11) is 0. The van der Waals surface area contributed by atoms with E-state index in [4.69, 9.17) is 4.74 Å². The van der Waals surface area contributed by atoms with E-state index < -0.39 is 0 Å². The van der Waals surface area contributed by atoms with Crippen LogP contribution in [0.4, 0.5) is 10.1 Å². The van der Waals surface area contributed by atoms with Crippen molar-refractivity contribution in [1.29, 1.82) is 0 Å². The number of ether oxygens (including phenoxy) is 1. The van der Waals surface area contributed by atoms with E-state index in [2.05, 4.69) is 0 Å². The van der Waals surface area contributed by atoms with Gasteiger partial charge in [0.2, 0.25) is 0 Å². The molecule has 0 saturated carbocycles. The second-order valence-corrected chi connectivity index (χ2v) is 4.83. The molecule has 100 valence electrons. The van der Waals surface area contributed by atoms with Crippen LogP contribution in [0, 0.1) is 11.7 Å². The van der Waals surface area contributed by atoms with Crippen LogP contribution in [0.1, 0.15) is 20.3 Å². The third kappa shape index (κ3) is 2.75. The van der Waals surface area contributed by atoms with Crippen LogP contribution in [0.2, 0.25) is 0 Å². The molecular weight excluding hydrogens is 233 g/mol. The predicted molar refractivity (Wildman–Crippen MR) is 69.6 cm³/mol. The molecule has 2 rings (SSSR count). The summed E-state index contributed by atoms with van der Waals surface area (Å²) in [6, 6.07) is 4.82. The molecule has 3 nitrogen and oxygen atoms in total. The van der Waals surface area contributed by atoms with Gasteiger partial charge in [-0.2, -0.15) is 0 Å². The molecule has 1 N–H and O–H groups in total. The molecule has 4 heteroatoms. The minimum atomic E-state index is -0.278. The number of anilines is 1. The van der Waals surface area contributed by atoms with E-state index >= 15 is 0 Å². The number of nitrogens with zero attached hydrogens (tertiary/aromatic N) is 1. The van der Waals surface area contributed by atoms with Crippen LogP contribution >= 0.6 is 0 Å². The van der Waals surface area contributed by atoms with Gasteiger partial charge in [-0.1, -0.05) is 6.92 Å². The molecule has 0 amide bonds. The normalized spacial score (nSPS) is 24.1. The van der Waals surface area contributed by atoms with E-state index in [9.17, 15) is 9.50 Å². The first-order chi connectivity index (χ1) is 8.61. The van der Waals surface area contributed by atoms with Crippen molar-refractivity contribution in [3.8, 4) is 5.75 Å². The van der Waals surface area contributed by atoms with Crippen molar-refractivity contribution >= 4 is 5.69 Å². The minimum Gasteiger partial charge on any atom is -0.494 e. The summed E-state index contributed by atoms with van der Waals surface area (Å²) >= 11 is 0. The summed E-state index contributed by atoms with van der Waals surface area (Å²) in [5, 5.41) is 9.71. The fourth-order valence-corrected chi connectivity index (χ4v) is 2.34. The summed E-state index contributed by atoms with van der Waals surface area (Å²) in [5.74, 6) is 0.614. The van der Waals surface area contributed by atoms with Gasteiger partial charge in [0.05, 0.1) is 18.4 Å². The fraction of sp³-hybridized carbons (Fsp3) is 0.571. The van der Waals surface area contributed by atoms with Crippen LogP contribution in [-0.4, -0.2) is 30.9 Å². The van der Waals surface area contributed by atoms with Crippen LogP contribution in [0.3, 0.4) is 0 Å². The standard InChI is InChI=1S/C14H20FNO2/c1-3-18-11-4-5-12(15)13(8-11)16-7-6-14(17)10(2)9-16/h4-5,8,10,14,17H,3,6-7,9H2,1-2H3. The fourth-order valence-electron chi connectivity index (χ4n) is 2.34. The number of hydrogen-bond donors (Lipinski definition) is 1. The Morgan fingerprint density at radius 3 is 2.94 bits per heavy atom. The van der Waals surface area contributed by atoms with E-state index in [1.54, 1.807) is 12.1 Å². The van der Waals surface area contributed by atoms with Crippen molar-refractivity contribution in [2.75, 3.05) is 24.6 Å². The van der Waals surface area contributed by atoms with Gasteiger partial charge in [0.1, 0.15) is 11.6 Å². The Kier molecular flexibility index (Phi) is 4.07. The lowest BCUT2D eigenvalue weighted by atomic mass is 9.96. The number of halogens is 1. The monoisotopic (exact) mass is 253 g/mol. The molecule has 0 aliphatic carbocycles. The zero-order valence-electron chi connectivity index (χ0n) is 10.9. The molecule has 1 fully saturated rings. The van der Waals surface area contributed by atoms with Gasteiger partial charge in [-0.25, -0.2) is 4.39 Å². The van der Waals surface area contributed by atoms with Crippen molar-refractivity contribution in [3.63, 3.8) is 0 Å². The molecular formula is C14H20FNO2. The van der Waals surface area contributed by atoms with E-state index in [0.29, 0.717) is 37.6 Å². The Morgan fingerprint density at radius 2 is 2.28 bits per heavy atom. The quantitative estimate of drug-likeness (QED) is 0.898. The molecule has 0 radical (unpaired) electrons. The van der Waals surface area contributed by atoms with Gasteiger partial charge < -0.3 is 14.7 Å². The minimum absolute atomic E-state index is 0.161. The molecule has 1 aliphatic rings. The average Bonchev–Trinajstić information content (AvgIpc) is 2.35. The Bertz CT molecular complexity index is 411. The van der Waals surface area contributed by atoms with Crippen molar-refractivity contribution in [1.82, 2.24) is 0 Å². The van der Waals surface area contributed by atoms with Crippen LogP contribution in [0.25, 0.3) is 0 Å². The Labute approximate surface area is 107 Å². The lowest BCUT2D eigenvalue weighted by Gasteiger charge is -2.36. The van der Waals surface area contributed by atoms with Crippen molar-refractivity contribution in [3.05, 3.63) is 24.0 Å². The molecule has 0 bridgehead atoms. The van der Waals surface area contributed by atoms with Gasteiger partial charge >= 0.3 is 0 Å². The maximum Gasteiger partial charge on any atom is 0.146 e. The van der Waals surface area contributed by atoms with Crippen molar-refractivity contribution in [2.45, 2.75) is 26.4 Å². The van der Waals surface area contributed by atoms with Crippen LogP contribution in [-0.2, 0) is 0 Å². The first-order valence-electron chi connectivity index (χ1n) is 6.47. The summed E-state index contributed by atoms with van der Waals surface area (Å²) in [4.78, 5) is 1.98. The summed E-state index contributed by atoms with van der Waals surface area (Å²) in [6.45, 7) is 5.81. The molecule has 0 aromatic heterocycles. The molecule has 2 unspecified atom stereocenters. The maximum absolute atomic E-state index is 13.9. The molecule has 1 saturated heterocycles. The largest absolute Gasteiger partial charge is 0.494 e. The number of hydrogen-bond acceptors (Lipinski definition) is 3. The van der Waals surface area contributed by atoms with E-state index in [1.165, 1.54) is 6.07 Å². The molecule has 1 heterocycles. The molecule has 18 heavy (non-hydrogen) atoms. The zero-order chi connectivity index (χ0) is 13.1. The van der Waals surface area contributed by atoms with Gasteiger partial charge in [0.25, 0.3) is 0 Å². The SMILES string of the molecule is CCOc1ccc(F)c(N2CCC(O)C(C)C2)c1. The van der Waals surface area contributed by atoms with Crippen LogP contribution in [0.5, 0.6) is 5.75 Å². The Balaban J connectivity index is 2.19. The highest BCUT2D eigenvalue weighted by Crippen LogP contribution is 2.29. The van der Waals surface area contributed by atoms with Gasteiger partial charge in [0, 0.05) is 19.2 Å². The number of rotatable bonds is 3. The Hall–Kier alpha value is -1.29. The first-order valence-corrected chi connectivity index (χ1v) is 6.47. The van der Waals surface area contributed by atoms with Crippen LogP contribution < -0.4 is 9.64 Å². The highest BCUT2D eigenvalue weighted by atomic mass is 19.1. The molecule has 1 aliphatic heterocycles. The summed E-state index contributed by atoms with van der Waals surface area (Å²) < 4.78 is 19.3. The molecule has 2 atom stereocenters. The number of piperidine rings is 1. The topological polar surface area (TPSA) is 32.7 Å². The van der Waals surface area contributed by atoms with Gasteiger partial charge in [-0.3, -0.25) is 0 Å². The highest BCUT2D eigenvalue weighted by molar-refractivity contribution is 5.52. The molecule has 0 spiro atoms. The third-order valence-corrected chi connectivity index (χ3v) is 3.43. The number of benzene rings is 1. The van der Waals surface area contributed by atoms with Gasteiger partial charge in [-0.05, 0) is 31.4 Å².